The SMILES string of the molecule is CCCCOc1ccc(C2c3c(oc4c(C)cc(C)cc4c3=O)C(=O)N2Cc2ccc(OC)cc2)cc1OC. The number of rotatable bonds is 9. The topological polar surface area (TPSA) is 78.2 Å². The molecule has 4 aromatic rings. The number of nitrogens with zero attached hydrogens (tertiary/aromatic N) is 1. The van der Waals surface area contributed by atoms with Gasteiger partial charge in [0.15, 0.2) is 16.9 Å². The third-order valence-electron chi connectivity index (χ3n) is 7.17. The third-order valence-corrected chi connectivity index (χ3v) is 7.17. The van der Waals surface area contributed by atoms with Crippen LogP contribution in [-0.2, 0) is 6.54 Å². The molecule has 0 radical (unpaired) electrons. The Morgan fingerprint density at radius 3 is 2.38 bits per heavy atom. The first-order valence-electron chi connectivity index (χ1n) is 13.2. The Hall–Kier alpha value is -4.26. The van der Waals surface area contributed by atoms with Crippen LogP contribution in [0.15, 0.2) is 63.8 Å². The van der Waals surface area contributed by atoms with Crippen molar-refractivity contribution in [3.63, 3.8) is 0 Å². The van der Waals surface area contributed by atoms with Crippen LogP contribution in [0.3, 0.4) is 0 Å². The molecule has 1 atom stereocenters. The van der Waals surface area contributed by atoms with Crippen LogP contribution in [0.1, 0.15) is 64.2 Å². The first-order valence-corrected chi connectivity index (χ1v) is 13.2. The molecule has 39 heavy (non-hydrogen) atoms. The van der Waals surface area contributed by atoms with E-state index in [9.17, 15) is 9.59 Å². The minimum Gasteiger partial charge on any atom is -0.497 e. The van der Waals surface area contributed by atoms with E-state index in [2.05, 4.69) is 6.92 Å². The van der Waals surface area contributed by atoms with Gasteiger partial charge in [-0.05, 0) is 72.9 Å². The molecule has 0 fully saturated rings. The molecular weight excluding hydrogens is 494 g/mol. The maximum absolute atomic E-state index is 14.0. The number of benzene rings is 3. The molecule has 1 aliphatic rings. The minimum atomic E-state index is -0.658. The standard InChI is InChI=1S/C32H33NO6/c1-6-7-14-38-25-13-10-22(17-26(25)37-5)28-27-29(34)24-16-19(2)15-20(3)30(24)39-31(27)32(35)33(28)18-21-8-11-23(36-4)12-9-21/h8-13,15-17,28H,6-7,14,18H2,1-5H3. The number of methoxy groups -OCH3 is 2. The summed E-state index contributed by atoms with van der Waals surface area (Å²) in [6.07, 6.45) is 1.95. The molecule has 7 nitrogen and oxygen atoms in total. The van der Waals surface area contributed by atoms with Gasteiger partial charge in [-0.25, -0.2) is 0 Å². The number of aryl methyl sites for hydroxylation is 2. The molecule has 202 valence electrons. The highest BCUT2D eigenvalue weighted by molar-refractivity contribution is 5.99. The van der Waals surface area contributed by atoms with E-state index in [0.717, 1.165) is 40.8 Å². The average Bonchev–Trinajstić information content (AvgIpc) is 3.21. The van der Waals surface area contributed by atoms with E-state index < -0.39 is 6.04 Å². The van der Waals surface area contributed by atoms with Gasteiger partial charge in [0.25, 0.3) is 5.91 Å². The molecule has 7 heteroatoms. The first-order chi connectivity index (χ1) is 18.9. The first kappa shape index (κ1) is 26.4. The van der Waals surface area contributed by atoms with Crippen LogP contribution in [0.25, 0.3) is 11.0 Å². The van der Waals surface area contributed by atoms with Crippen LogP contribution in [0.2, 0.25) is 0 Å². The van der Waals surface area contributed by atoms with E-state index in [1.54, 1.807) is 19.1 Å². The van der Waals surface area contributed by atoms with E-state index in [4.69, 9.17) is 18.6 Å². The van der Waals surface area contributed by atoms with Gasteiger partial charge in [0, 0.05) is 6.54 Å². The largest absolute Gasteiger partial charge is 0.497 e. The van der Waals surface area contributed by atoms with Crippen molar-refractivity contribution in [2.45, 2.75) is 46.2 Å². The maximum Gasteiger partial charge on any atom is 0.291 e. The molecule has 1 amide bonds. The summed E-state index contributed by atoms with van der Waals surface area (Å²) in [5, 5.41) is 0.474. The van der Waals surface area contributed by atoms with Crippen LogP contribution in [0.5, 0.6) is 17.2 Å². The second-order valence-corrected chi connectivity index (χ2v) is 9.93. The fourth-order valence-corrected chi connectivity index (χ4v) is 5.21. The molecule has 1 unspecified atom stereocenters. The molecule has 2 heterocycles. The summed E-state index contributed by atoms with van der Waals surface area (Å²) >= 11 is 0. The Bertz CT molecular complexity index is 1590. The Balaban J connectivity index is 1.66. The highest BCUT2D eigenvalue weighted by Crippen LogP contribution is 2.42. The van der Waals surface area contributed by atoms with Gasteiger partial charge in [-0.15, -0.1) is 0 Å². The molecule has 3 aromatic carbocycles. The summed E-state index contributed by atoms with van der Waals surface area (Å²) in [5.41, 5.74) is 4.00. The second kappa shape index (κ2) is 10.8. The van der Waals surface area contributed by atoms with Gasteiger partial charge in [0.2, 0.25) is 5.76 Å². The lowest BCUT2D eigenvalue weighted by Gasteiger charge is -2.26. The lowest BCUT2D eigenvalue weighted by molar-refractivity contribution is 0.0714. The zero-order chi connectivity index (χ0) is 27.7. The minimum absolute atomic E-state index is 0.0835. The monoisotopic (exact) mass is 527 g/mol. The van der Waals surface area contributed by atoms with Crippen LogP contribution in [0, 0.1) is 13.8 Å². The van der Waals surface area contributed by atoms with Crippen molar-refractivity contribution in [1.29, 1.82) is 0 Å². The number of amides is 1. The normalized spacial score (nSPS) is 14.5. The molecule has 1 aromatic heterocycles. The number of ether oxygens (including phenoxy) is 3. The van der Waals surface area contributed by atoms with Crippen LogP contribution < -0.4 is 19.6 Å². The number of hydrogen-bond donors (Lipinski definition) is 0. The van der Waals surface area contributed by atoms with Crippen molar-refractivity contribution in [1.82, 2.24) is 4.90 Å². The van der Waals surface area contributed by atoms with E-state index in [-0.39, 0.29) is 23.6 Å². The molecule has 1 aliphatic heterocycles. The molecule has 0 N–H and O–H groups in total. The van der Waals surface area contributed by atoms with Gasteiger partial charge in [-0.2, -0.15) is 0 Å². The predicted octanol–water partition coefficient (Wildman–Crippen LogP) is 6.35. The zero-order valence-electron chi connectivity index (χ0n) is 23.0. The van der Waals surface area contributed by atoms with Crippen molar-refractivity contribution in [3.8, 4) is 17.2 Å². The number of carbonyl (C=O) groups excluding carboxylic acids is 1. The number of carbonyl (C=O) groups is 1. The summed E-state index contributed by atoms with van der Waals surface area (Å²) in [5.74, 6) is 1.65. The van der Waals surface area contributed by atoms with Crippen molar-refractivity contribution in [2.75, 3.05) is 20.8 Å². The average molecular weight is 528 g/mol. The lowest BCUT2D eigenvalue weighted by Crippen LogP contribution is -2.29. The summed E-state index contributed by atoms with van der Waals surface area (Å²) < 4.78 is 23.1. The summed E-state index contributed by atoms with van der Waals surface area (Å²) in [7, 11) is 3.20. The molecule has 0 saturated carbocycles. The quantitative estimate of drug-likeness (QED) is 0.236. The summed E-state index contributed by atoms with van der Waals surface area (Å²) in [6, 6.07) is 16.2. The van der Waals surface area contributed by atoms with Gasteiger partial charge in [-0.3, -0.25) is 9.59 Å². The van der Waals surface area contributed by atoms with E-state index >= 15 is 0 Å². The fraction of sp³-hybridized carbons (Fsp3) is 0.312. The van der Waals surface area contributed by atoms with Crippen LogP contribution >= 0.6 is 0 Å². The Morgan fingerprint density at radius 2 is 1.69 bits per heavy atom. The van der Waals surface area contributed by atoms with Gasteiger partial charge < -0.3 is 23.5 Å². The molecule has 0 spiro atoms. The summed E-state index contributed by atoms with van der Waals surface area (Å²) in [4.78, 5) is 29.6. The van der Waals surface area contributed by atoms with Crippen molar-refractivity contribution < 1.29 is 23.4 Å². The molecule has 0 aliphatic carbocycles. The Labute approximate surface area is 227 Å². The van der Waals surface area contributed by atoms with Gasteiger partial charge in [0.1, 0.15) is 11.3 Å². The van der Waals surface area contributed by atoms with Gasteiger partial charge in [0.05, 0.1) is 37.8 Å². The highest BCUT2D eigenvalue weighted by Gasteiger charge is 2.43. The van der Waals surface area contributed by atoms with Crippen LogP contribution in [-0.4, -0.2) is 31.6 Å². The van der Waals surface area contributed by atoms with Crippen molar-refractivity contribution >= 4 is 16.9 Å². The van der Waals surface area contributed by atoms with E-state index in [1.807, 2.05) is 68.4 Å². The zero-order valence-corrected chi connectivity index (χ0v) is 23.0. The van der Waals surface area contributed by atoms with Crippen molar-refractivity contribution in [2.24, 2.45) is 0 Å². The molecule has 5 rings (SSSR count). The van der Waals surface area contributed by atoms with E-state index in [0.29, 0.717) is 34.6 Å². The number of unbranched alkanes of at least 4 members (excludes halogenated alkanes) is 1. The number of hydrogen-bond acceptors (Lipinski definition) is 6. The molecular formula is C32H33NO6. The van der Waals surface area contributed by atoms with Gasteiger partial charge >= 0.3 is 0 Å². The predicted molar refractivity (Wildman–Crippen MR) is 150 cm³/mol. The summed E-state index contributed by atoms with van der Waals surface area (Å²) in [6.45, 7) is 6.80. The maximum atomic E-state index is 14.0. The second-order valence-electron chi connectivity index (χ2n) is 9.93. The van der Waals surface area contributed by atoms with Crippen LogP contribution in [0.4, 0.5) is 0 Å². The molecule has 0 bridgehead atoms. The van der Waals surface area contributed by atoms with Crippen molar-refractivity contribution in [3.05, 3.63) is 98.4 Å². The smallest absolute Gasteiger partial charge is 0.291 e. The Morgan fingerprint density at radius 1 is 0.923 bits per heavy atom. The fourth-order valence-electron chi connectivity index (χ4n) is 5.21. The van der Waals surface area contributed by atoms with Gasteiger partial charge in [-0.1, -0.05) is 37.6 Å². The Kier molecular flexibility index (Phi) is 7.33. The molecule has 0 saturated heterocycles. The number of fused-ring (bicyclic) bond motifs is 2. The third kappa shape index (κ3) is 4.85. The highest BCUT2D eigenvalue weighted by atomic mass is 16.5. The van der Waals surface area contributed by atoms with E-state index in [1.165, 1.54) is 0 Å². The lowest BCUT2D eigenvalue weighted by atomic mass is 9.96.